The van der Waals surface area contributed by atoms with Gasteiger partial charge in [0.2, 0.25) is 0 Å². The number of rotatable bonds is 3. The Morgan fingerprint density at radius 1 is 0.487 bits per heavy atom. The van der Waals surface area contributed by atoms with E-state index in [4.69, 9.17) is 27.5 Å². The van der Waals surface area contributed by atoms with Gasteiger partial charge in [0.25, 0.3) is 30.4 Å². The van der Waals surface area contributed by atoms with Gasteiger partial charge in [0.1, 0.15) is 9.79 Å². The lowest BCUT2D eigenvalue weighted by Gasteiger charge is -2.11. The fourth-order valence-electron chi connectivity index (χ4n) is 3.03. The molecule has 39 heavy (non-hydrogen) atoms. The van der Waals surface area contributed by atoms with E-state index >= 15 is 0 Å². The van der Waals surface area contributed by atoms with Crippen molar-refractivity contribution in [1.82, 2.24) is 0 Å². The van der Waals surface area contributed by atoms with E-state index in [1.54, 1.807) is 24.3 Å². The molecule has 0 radical (unpaired) electrons. The molecule has 0 bridgehead atoms. The van der Waals surface area contributed by atoms with Crippen molar-refractivity contribution in [3.05, 3.63) is 78.4 Å². The summed E-state index contributed by atoms with van der Waals surface area (Å²) in [7, 11) is -14.8. The number of fused-ring (bicyclic) bond motifs is 1. The second-order valence-corrected chi connectivity index (χ2v) is 12.2. The number of aryl methyl sites for hydroxylation is 1. The molecule has 0 heterocycles. The molecule has 0 amide bonds. The zero-order valence-corrected chi connectivity index (χ0v) is 22.7. The Morgan fingerprint density at radius 2 is 0.846 bits per heavy atom. The minimum Gasteiger partial charge on any atom is -0.399 e. The third-order valence-corrected chi connectivity index (χ3v) is 7.48. The van der Waals surface area contributed by atoms with Gasteiger partial charge in [-0.1, -0.05) is 17.7 Å². The number of nitrogen functional groups attached to an aromatic ring is 4. The van der Waals surface area contributed by atoms with Crippen molar-refractivity contribution in [3.63, 3.8) is 0 Å². The van der Waals surface area contributed by atoms with Crippen LogP contribution in [0.3, 0.4) is 0 Å². The summed E-state index contributed by atoms with van der Waals surface area (Å²) in [5.74, 6) is 0. The Labute approximate surface area is 225 Å². The van der Waals surface area contributed by atoms with Crippen LogP contribution in [-0.2, 0) is 30.4 Å². The van der Waals surface area contributed by atoms with Crippen molar-refractivity contribution in [2.24, 2.45) is 0 Å². The van der Waals surface area contributed by atoms with E-state index in [1.165, 1.54) is 5.56 Å². The normalized spacial score (nSPS) is 11.6. The molecule has 0 aliphatic rings. The SMILES string of the molecule is Cc1ccc(N)cc1.Nc1cc(S(=O)(=O)O)c2cc(S(=O)(=O)O)cc(S(=O)(=O)O)c2c1.Nc1ccc(N)cc1. The number of benzene rings is 4. The lowest BCUT2D eigenvalue weighted by Crippen LogP contribution is -2.07. The van der Waals surface area contributed by atoms with Crippen LogP contribution in [0.25, 0.3) is 10.8 Å². The molecule has 0 spiro atoms. The highest BCUT2D eigenvalue weighted by Crippen LogP contribution is 2.33. The van der Waals surface area contributed by atoms with E-state index in [2.05, 4.69) is 0 Å². The molecule has 4 aromatic carbocycles. The van der Waals surface area contributed by atoms with Gasteiger partial charge in [0.05, 0.1) is 4.90 Å². The highest BCUT2D eigenvalue weighted by molar-refractivity contribution is 7.87. The van der Waals surface area contributed by atoms with Crippen LogP contribution in [0.15, 0.2) is 87.5 Å². The summed E-state index contributed by atoms with van der Waals surface area (Å²) in [4.78, 5) is -2.88. The van der Waals surface area contributed by atoms with Gasteiger partial charge in [-0.25, -0.2) is 0 Å². The van der Waals surface area contributed by atoms with Crippen molar-refractivity contribution in [3.8, 4) is 0 Å². The second kappa shape index (κ2) is 11.9. The highest BCUT2D eigenvalue weighted by Gasteiger charge is 2.25. The molecular weight excluding hydrogens is 572 g/mol. The molecule has 0 saturated carbocycles. The van der Waals surface area contributed by atoms with Crippen molar-refractivity contribution in [2.45, 2.75) is 21.6 Å². The Hall–Kier alpha value is -3.93. The number of hydrogen-bond donors (Lipinski definition) is 7. The average Bonchev–Trinajstić information content (AvgIpc) is 2.80. The summed E-state index contributed by atoms with van der Waals surface area (Å²) < 4.78 is 95.5. The third kappa shape index (κ3) is 9.10. The predicted octanol–water partition coefficient (Wildman–Crippen LogP) is 2.59. The first-order valence-corrected chi connectivity index (χ1v) is 14.8. The predicted molar refractivity (Wildman–Crippen MR) is 149 cm³/mol. The zero-order valence-electron chi connectivity index (χ0n) is 20.3. The molecule has 16 heteroatoms. The van der Waals surface area contributed by atoms with E-state index < -0.39 is 55.8 Å². The van der Waals surface area contributed by atoms with E-state index in [0.29, 0.717) is 12.1 Å². The van der Waals surface area contributed by atoms with E-state index in [1.807, 2.05) is 31.2 Å². The largest absolute Gasteiger partial charge is 0.399 e. The van der Waals surface area contributed by atoms with Gasteiger partial charge in [0, 0.05) is 33.5 Å². The zero-order chi connectivity index (χ0) is 29.8. The van der Waals surface area contributed by atoms with Gasteiger partial charge in [-0.3, -0.25) is 13.7 Å². The highest BCUT2D eigenvalue weighted by atomic mass is 32.2. The fraction of sp³-hybridized carbons (Fsp3) is 0.0435. The Bertz CT molecular complexity index is 1720. The second-order valence-electron chi connectivity index (χ2n) is 8.04. The maximum atomic E-state index is 11.4. The van der Waals surface area contributed by atoms with Crippen molar-refractivity contribution >= 4 is 63.9 Å². The molecule has 0 aromatic heterocycles. The third-order valence-electron chi connectivity index (χ3n) is 4.86. The first kappa shape index (κ1) is 31.3. The van der Waals surface area contributed by atoms with E-state index in [9.17, 15) is 34.4 Å². The molecule has 0 aliphatic carbocycles. The van der Waals surface area contributed by atoms with Crippen LogP contribution in [0.2, 0.25) is 0 Å². The van der Waals surface area contributed by atoms with Crippen molar-refractivity contribution < 1.29 is 38.9 Å². The lowest BCUT2D eigenvalue weighted by molar-refractivity contribution is 0.478. The number of hydrogen-bond acceptors (Lipinski definition) is 10. The summed E-state index contributed by atoms with van der Waals surface area (Å²) in [6, 6.07) is 17.7. The monoisotopic (exact) mass is 598 g/mol. The average molecular weight is 599 g/mol. The maximum Gasteiger partial charge on any atom is 0.295 e. The Balaban J connectivity index is 0.000000269. The van der Waals surface area contributed by atoms with Crippen LogP contribution < -0.4 is 22.9 Å². The van der Waals surface area contributed by atoms with Gasteiger partial charge in [-0.2, -0.15) is 25.3 Å². The number of nitrogens with two attached hydrogens (primary N) is 4. The van der Waals surface area contributed by atoms with E-state index in [-0.39, 0.29) is 5.69 Å². The molecule has 0 atom stereocenters. The first-order valence-electron chi connectivity index (χ1n) is 10.5. The molecule has 4 aromatic rings. The maximum absolute atomic E-state index is 11.4. The van der Waals surface area contributed by atoms with Crippen LogP contribution in [0.1, 0.15) is 5.56 Å². The van der Waals surface area contributed by atoms with Crippen LogP contribution in [0, 0.1) is 6.92 Å². The van der Waals surface area contributed by atoms with Gasteiger partial charge in [0.15, 0.2) is 0 Å². The van der Waals surface area contributed by atoms with Gasteiger partial charge >= 0.3 is 0 Å². The topological polar surface area (TPSA) is 267 Å². The molecule has 11 N–H and O–H groups in total. The molecule has 0 unspecified atom stereocenters. The Kier molecular flexibility index (Phi) is 9.51. The van der Waals surface area contributed by atoms with Gasteiger partial charge in [-0.15, -0.1) is 0 Å². The molecule has 0 fully saturated rings. The molecule has 0 saturated heterocycles. The minimum atomic E-state index is -5.00. The molecular formula is C23H26N4O9S3. The van der Waals surface area contributed by atoms with Gasteiger partial charge in [-0.05, 0) is 67.6 Å². The van der Waals surface area contributed by atoms with Gasteiger partial charge < -0.3 is 22.9 Å². The van der Waals surface area contributed by atoms with Crippen molar-refractivity contribution in [1.29, 1.82) is 0 Å². The van der Waals surface area contributed by atoms with Crippen molar-refractivity contribution in [2.75, 3.05) is 22.9 Å². The molecule has 0 aliphatic heterocycles. The lowest BCUT2D eigenvalue weighted by atomic mass is 10.1. The quantitative estimate of drug-likeness (QED) is 0.132. The molecule has 13 nitrogen and oxygen atoms in total. The summed E-state index contributed by atoms with van der Waals surface area (Å²) in [5.41, 5.74) is 24.9. The minimum absolute atomic E-state index is 0.269. The van der Waals surface area contributed by atoms with Crippen LogP contribution in [-0.4, -0.2) is 38.9 Å². The van der Waals surface area contributed by atoms with Crippen LogP contribution in [0.4, 0.5) is 22.7 Å². The molecule has 4 rings (SSSR count). The first-order chi connectivity index (χ1) is 17.8. The van der Waals surface area contributed by atoms with Crippen LogP contribution in [0.5, 0.6) is 0 Å². The number of anilines is 4. The smallest absolute Gasteiger partial charge is 0.295 e. The fourth-order valence-corrected chi connectivity index (χ4v) is 5.09. The summed E-state index contributed by atoms with van der Waals surface area (Å²) in [6.07, 6.45) is 0. The summed E-state index contributed by atoms with van der Waals surface area (Å²) in [5, 5.41) is -1.02. The van der Waals surface area contributed by atoms with Crippen LogP contribution >= 0.6 is 0 Å². The summed E-state index contributed by atoms with van der Waals surface area (Å²) >= 11 is 0. The Morgan fingerprint density at radius 3 is 1.21 bits per heavy atom. The summed E-state index contributed by atoms with van der Waals surface area (Å²) in [6.45, 7) is 2.04. The molecule has 210 valence electrons. The van der Waals surface area contributed by atoms with E-state index in [0.717, 1.165) is 29.2 Å². The standard InChI is InChI=1S/C10H9NO9S3.C7H9N.C6H8N2/c11-5-1-7-8(9(2-5)22(15,16)17)3-6(21(12,13)14)4-10(7)23(18,19)20;1-6-2-4-7(8)5-3-6;7-5-1-2-6(8)4-3-5/h1-4H,11H2,(H,12,13,14)(H,15,16,17)(H,18,19,20);2-5H,8H2,1H3;1-4H,7-8H2.